The molecule has 7 heteroatoms. The third-order valence-electron chi connectivity index (χ3n) is 5.52. The van der Waals surface area contributed by atoms with Crippen LogP contribution < -0.4 is 10.1 Å². The number of hydrogen-bond acceptors (Lipinski definition) is 5. The number of nitrogens with one attached hydrogen (secondary N) is 1. The number of amides is 1. The number of carbonyl (C=O) groups is 2. The second-order valence-corrected chi connectivity index (χ2v) is 7.54. The standard InChI is InChI=1S/C26H20N4O3/c1-33-18-8-6-17(7-9-18)26(32)21-15-30(24-14-27-12-10-19(21)24)16-25(31)29-23-11-13-28-22-5-3-2-4-20(22)23/h2-15H,16H2,1H3,(H,28,29,31). The van der Waals surface area contributed by atoms with Crippen molar-refractivity contribution in [2.24, 2.45) is 0 Å². The molecule has 3 heterocycles. The number of methoxy groups -OCH3 is 1. The van der Waals surface area contributed by atoms with Gasteiger partial charge in [-0.15, -0.1) is 0 Å². The molecule has 5 rings (SSSR count). The van der Waals surface area contributed by atoms with Crippen LogP contribution in [-0.4, -0.2) is 33.3 Å². The summed E-state index contributed by atoms with van der Waals surface area (Å²) in [6.45, 7) is 0.0364. The van der Waals surface area contributed by atoms with E-state index in [-0.39, 0.29) is 18.2 Å². The maximum atomic E-state index is 13.2. The molecule has 162 valence electrons. The van der Waals surface area contributed by atoms with Gasteiger partial charge in [-0.1, -0.05) is 18.2 Å². The number of rotatable bonds is 6. The highest BCUT2D eigenvalue weighted by molar-refractivity contribution is 6.16. The van der Waals surface area contributed by atoms with Crippen LogP contribution in [-0.2, 0) is 11.3 Å². The van der Waals surface area contributed by atoms with Gasteiger partial charge in [0.1, 0.15) is 12.3 Å². The van der Waals surface area contributed by atoms with Gasteiger partial charge in [0.15, 0.2) is 5.78 Å². The highest BCUT2D eigenvalue weighted by Gasteiger charge is 2.18. The third kappa shape index (κ3) is 3.92. The van der Waals surface area contributed by atoms with Gasteiger partial charge in [0.25, 0.3) is 0 Å². The lowest BCUT2D eigenvalue weighted by molar-refractivity contribution is -0.116. The summed E-state index contributed by atoms with van der Waals surface area (Å²) in [5, 5.41) is 4.57. The predicted octanol–water partition coefficient (Wildman–Crippen LogP) is 4.46. The van der Waals surface area contributed by atoms with E-state index in [0.29, 0.717) is 28.1 Å². The molecule has 1 amide bonds. The molecule has 33 heavy (non-hydrogen) atoms. The number of hydrogen-bond donors (Lipinski definition) is 1. The molecule has 7 nitrogen and oxygen atoms in total. The van der Waals surface area contributed by atoms with Crippen LogP contribution in [0.4, 0.5) is 5.69 Å². The van der Waals surface area contributed by atoms with Crippen LogP contribution in [0.2, 0.25) is 0 Å². The van der Waals surface area contributed by atoms with Crippen molar-refractivity contribution in [1.29, 1.82) is 0 Å². The van der Waals surface area contributed by atoms with E-state index in [4.69, 9.17) is 4.74 Å². The predicted molar refractivity (Wildman–Crippen MR) is 127 cm³/mol. The van der Waals surface area contributed by atoms with Gasteiger partial charge < -0.3 is 14.6 Å². The SMILES string of the molecule is COc1ccc(C(=O)c2cn(CC(=O)Nc3ccnc4ccccc34)c3cnccc23)cc1. The largest absolute Gasteiger partial charge is 0.497 e. The van der Waals surface area contributed by atoms with Gasteiger partial charge in [0.2, 0.25) is 5.91 Å². The van der Waals surface area contributed by atoms with Gasteiger partial charge in [-0.3, -0.25) is 19.6 Å². The number of benzene rings is 2. The molecule has 0 aliphatic carbocycles. The number of nitrogens with zero attached hydrogens (tertiary/aromatic N) is 3. The summed E-state index contributed by atoms with van der Waals surface area (Å²) in [4.78, 5) is 34.6. The third-order valence-corrected chi connectivity index (χ3v) is 5.52. The first-order chi connectivity index (χ1) is 16.1. The summed E-state index contributed by atoms with van der Waals surface area (Å²) >= 11 is 0. The molecule has 0 atom stereocenters. The summed E-state index contributed by atoms with van der Waals surface area (Å²) < 4.78 is 6.92. The Morgan fingerprint density at radius 1 is 0.970 bits per heavy atom. The minimum atomic E-state index is -0.212. The first-order valence-corrected chi connectivity index (χ1v) is 10.4. The van der Waals surface area contributed by atoms with Gasteiger partial charge in [0.05, 0.1) is 30.0 Å². The maximum Gasteiger partial charge on any atom is 0.244 e. The van der Waals surface area contributed by atoms with Gasteiger partial charge in [-0.25, -0.2) is 0 Å². The van der Waals surface area contributed by atoms with E-state index in [9.17, 15) is 9.59 Å². The fraction of sp³-hybridized carbons (Fsp3) is 0.0769. The topological polar surface area (TPSA) is 86.1 Å². The Hall–Kier alpha value is -4.52. The first-order valence-electron chi connectivity index (χ1n) is 10.4. The summed E-state index contributed by atoms with van der Waals surface area (Å²) in [5.41, 5.74) is 3.26. The van der Waals surface area contributed by atoms with Crippen molar-refractivity contribution in [1.82, 2.24) is 14.5 Å². The van der Waals surface area contributed by atoms with Crippen molar-refractivity contribution in [3.63, 3.8) is 0 Å². The van der Waals surface area contributed by atoms with Gasteiger partial charge >= 0.3 is 0 Å². The van der Waals surface area contributed by atoms with Crippen molar-refractivity contribution < 1.29 is 14.3 Å². The lowest BCUT2D eigenvalue weighted by Gasteiger charge is -2.09. The summed E-state index contributed by atoms with van der Waals surface area (Å²) in [5.74, 6) is 0.335. The second-order valence-electron chi connectivity index (χ2n) is 7.54. The van der Waals surface area contributed by atoms with E-state index >= 15 is 0 Å². The Bertz CT molecular complexity index is 1480. The van der Waals surface area contributed by atoms with E-state index in [2.05, 4.69) is 15.3 Å². The minimum Gasteiger partial charge on any atom is -0.497 e. The van der Waals surface area contributed by atoms with E-state index in [1.807, 2.05) is 24.3 Å². The number of aromatic nitrogens is 3. The number of anilines is 1. The normalized spacial score (nSPS) is 10.9. The average Bonchev–Trinajstić information content (AvgIpc) is 3.22. The molecule has 0 aliphatic rings. The number of ether oxygens (including phenoxy) is 1. The molecule has 0 saturated carbocycles. The zero-order chi connectivity index (χ0) is 22.8. The Labute approximate surface area is 189 Å². The Morgan fingerprint density at radius 3 is 2.61 bits per heavy atom. The van der Waals surface area contributed by atoms with Crippen molar-refractivity contribution in [3.8, 4) is 5.75 Å². The molecule has 1 N–H and O–H groups in total. The fourth-order valence-electron chi connectivity index (χ4n) is 3.90. The van der Waals surface area contributed by atoms with Crippen molar-refractivity contribution >= 4 is 39.2 Å². The van der Waals surface area contributed by atoms with Crippen LogP contribution in [0.5, 0.6) is 5.75 Å². The molecule has 0 aliphatic heterocycles. The Kier molecular flexibility index (Phi) is 5.28. The van der Waals surface area contributed by atoms with Crippen LogP contribution in [0.25, 0.3) is 21.8 Å². The highest BCUT2D eigenvalue weighted by Crippen LogP contribution is 2.25. The number of fused-ring (bicyclic) bond motifs is 2. The number of para-hydroxylation sites is 1. The van der Waals surface area contributed by atoms with Gasteiger partial charge in [-0.2, -0.15) is 0 Å². The molecular weight excluding hydrogens is 416 g/mol. The number of carbonyl (C=O) groups excluding carboxylic acids is 2. The smallest absolute Gasteiger partial charge is 0.244 e. The van der Waals surface area contributed by atoms with Crippen LogP contribution in [0.1, 0.15) is 15.9 Å². The second kappa shape index (κ2) is 8.55. The zero-order valence-electron chi connectivity index (χ0n) is 17.9. The fourth-order valence-corrected chi connectivity index (χ4v) is 3.90. The summed E-state index contributed by atoms with van der Waals surface area (Å²) in [7, 11) is 1.58. The molecule has 0 unspecified atom stereocenters. The zero-order valence-corrected chi connectivity index (χ0v) is 17.9. The molecule has 0 spiro atoms. The van der Waals surface area contributed by atoms with Crippen LogP contribution in [0.15, 0.2) is 85.5 Å². The van der Waals surface area contributed by atoms with Gasteiger partial charge in [-0.05, 0) is 42.5 Å². The van der Waals surface area contributed by atoms with Crippen LogP contribution >= 0.6 is 0 Å². The minimum absolute atomic E-state index is 0.0364. The van der Waals surface area contributed by atoms with E-state index in [1.165, 1.54) is 0 Å². The molecule has 3 aromatic heterocycles. The Morgan fingerprint density at radius 2 is 1.79 bits per heavy atom. The van der Waals surface area contributed by atoms with Crippen molar-refractivity contribution in [2.75, 3.05) is 12.4 Å². The Balaban J connectivity index is 1.45. The summed E-state index contributed by atoms with van der Waals surface area (Å²) in [6, 6.07) is 18.1. The van der Waals surface area contributed by atoms with Crippen LogP contribution in [0, 0.1) is 0 Å². The van der Waals surface area contributed by atoms with Crippen molar-refractivity contribution in [3.05, 3.63) is 96.6 Å². The molecule has 0 bridgehead atoms. The van der Waals surface area contributed by atoms with E-state index in [1.54, 1.807) is 72.9 Å². The maximum absolute atomic E-state index is 13.2. The molecule has 0 saturated heterocycles. The number of ketones is 1. The molecule has 5 aromatic rings. The number of pyridine rings is 2. The van der Waals surface area contributed by atoms with Crippen LogP contribution in [0.3, 0.4) is 0 Å². The molecular formula is C26H20N4O3. The molecule has 0 fully saturated rings. The van der Waals surface area contributed by atoms with Crippen molar-refractivity contribution in [2.45, 2.75) is 6.54 Å². The summed E-state index contributed by atoms with van der Waals surface area (Å²) in [6.07, 6.45) is 6.68. The average molecular weight is 436 g/mol. The van der Waals surface area contributed by atoms with Gasteiger partial charge in [0, 0.05) is 40.5 Å². The molecule has 0 radical (unpaired) electrons. The van der Waals surface area contributed by atoms with E-state index < -0.39 is 0 Å². The molecule has 2 aromatic carbocycles. The highest BCUT2D eigenvalue weighted by atomic mass is 16.5. The lowest BCUT2D eigenvalue weighted by Crippen LogP contribution is -2.18. The quantitative estimate of drug-likeness (QED) is 0.397. The van der Waals surface area contributed by atoms with E-state index in [0.717, 1.165) is 16.3 Å². The monoisotopic (exact) mass is 436 g/mol. The lowest BCUT2D eigenvalue weighted by atomic mass is 10.0. The first kappa shape index (κ1) is 20.4.